The van der Waals surface area contributed by atoms with E-state index < -0.39 is 18.0 Å². The van der Waals surface area contributed by atoms with Crippen molar-refractivity contribution in [3.05, 3.63) is 12.2 Å². The van der Waals surface area contributed by atoms with Crippen LogP contribution in [-0.4, -0.2) is 45.6 Å². The molecule has 0 saturated heterocycles. The fourth-order valence-electron chi connectivity index (χ4n) is 8.68. The average molecular weight is 558 g/mol. The quantitative estimate of drug-likeness (QED) is 0.343. The third-order valence-corrected chi connectivity index (χ3v) is 10.7. The Labute approximate surface area is 228 Å². The molecule has 0 radical (unpaired) electrons. The van der Waals surface area contributed by atoms with Gasteiger partial charge in [0.15, 0.2) is 0 Å². The second-order valence-corrected chi connectivity index (χ2v) is 12.5. The summed E-state index contributed by atoms with van der Waals surface area (Å²) in [7, 11) is 0. The molecule has 0 heterocycles. The minimum Gasteiger partial charge on any atom is -0.550 e. The fourth-order valence-corrected chi connectivity index (χ4v) is 8.68. The summed E-state index contributed by atoms with van der Waals surface area (Å²) in [6.07, 6.45) is 5.72. The first-order valence-corrected chi connectivity index (χ1v) is 13.3. The zero-order chi connectivity index (χ0) is 26.3. The van der Waals surface area contributed by atoms with Crippen LogP contribution in [0.1, 0.15) is 85.5 Å². The second-order valence-electron chi connectivity index (χ2n) is 12.5. The molecule has 0 spiro atoms. The van der Waals surface area contributed by atoms with Crippen LogP contribution in [0.3, 0.4) is 0 Å². The van der Waals surface area contributed by atoms with Gasteiger partial charge in [-0.1, -0.05) is 27.4 Å². The number of aliphatic hydroxyl groups is 3. The maximum atomic E-state index is 11.5. The van der Waals surface area contributed by atoms with Crippen LogP contribution in [0, 0.1) is 46.3 Å². The van der Waals surface area contributed by atoms with Gasteiger partial charge in [-0.15, -0.1) is 0 Å². The van der Waals surface area contributed by atoms with Crippen LogP contribution in [-0.2, 0) is 29.1 Å². The first kappa shape index (κ1) is 31.4. The number of hydrogen-bond acceptors (Lipinski definition) is 7. The average Bonchev–Trinajstić information content (AvgIpc) is 3.13. The Morgan fingerprint density at radius 2 is 1.64 bits per heavy atom. The summed E-state index contributed by atoms with van der Waals surface area (Å²) in [5.74, 6) is -0.550. The molecule has 11 atom stereocenters. The smallest absolute Gasteiger partial charge is 0.550 e. The summed E-state index contributed by atoms with van der Waals surface area (Å²) >= 11 is 0. The van der Waals surface area contributed by atoms with E-state index in [1.165, 1.54) is 6.92 Å². The van der Waals surface area contributed by atoms with Crippen molar-refractivity contribution < 1.29 is 54.6 Å². The Balaban J connectivity index is 0.000000584. The molecule has 4 fully saturated rings. The van der Waals surface area contributed by atoms with Gasteiger partial charge in [-0.25, -0.2) is 0 Å². The summed E-state index contributed by atoms with van der Waals surface area (Å²) in [5.41, 5.74) is -0.107. The van der Waals surface area contributed by atoms with Crippen molar-refractivity contribution in [2.24, 2.45) is 46.3 Å². The molecular formula is C28H44O7Zn. The van der Waals surface area contributed by atoms with E-state index in [4.69, 9.17) is 0 Å². The number of carboxylic acids is 2. The first-order valence-electron chi connectivity index (χ1n) is 13.3. The predicted molar refractivity (Wildman–Crippen MR) is 127 cm³/mol. The van der Waals surface area contributed by atoms with E-state index in [1.54, 1.807) is 0 Å². The van der Waals surface area contributed by atoms with Crippen LogP contribution < -0.4 is 10.2 Å². The molecule has 0 unspecified atom stereocenters. The van der Waals surface area contributed by atoms with Crippen LogP contribution >= 0.6 is 0 Å². The number of aliphatic hydroxyl groups excluding tert-OH is 3. The molecule has 0 amide bonds. The van der Waals surface area contributed by atoms with Crippen LogP contribution in [0.4, 0.5) is 0 Å². The molecule has 0 aliphatic heterocycles. The van der Waals surface area contributed by atoms with Crippen LogP contribution in [0.5, 0.6) is 0 Å². The standard InChI is InChI=1S/C24H40O5.C4H6O2.Zn/c1-13(4-7-21(28)29)16-5-6-17-22-18(12-20(27)24(16,17)3)23(2)9-8-15(25)10-14(23)11-19(22)26;1-3(2)4(5)6;/h13-20,22,25-27H,4-12H2,1-3H3,(H,28,29);1H2,2H3,(H,5,6);/q;;+2/p-2/t13-,14+,15-,16-,17+,18+,19-,20+,22+,23+,24-;;/m1../s1. The number of carboxylic acid groups (broad SMARTS) is 2. The van der Waals surface area contributed by atoms with Gasteiger partial charge in [-0.05, 0) is 117 Å². The van der Waals surface area contributed by atoms with Gasteiger partial charge in [0.1, 0.15) is 0 Å². The summed E-state index contributed by atoms with van der Waals surface area (Å²) < 4.78 is 0. The number of rotatable bonds is 5. The van der Waals surface area contributed by atoms with E-state index in [2.05, 4.69) is 27.4 Å². The van der Waals surface area contributed by atoms with E-state index in [-0.39, 0.29) is 78.2 Å². The minimum atomic E-state index is -1.19. The molecular weight excluding hydrogens is 514 g/mol. The maximum Gasteiger partial charge on any atom is 2.00 e. The number of fused-ring (bicyclic) bond motifs is 5. The Bertz CT molecular complexity index is 806. The van der Waals surface area contributed by atoms with Gasteiger partial charge >= 0.3 is 19.5 Å². The summed E-state index contributed by atoms with van der Waals surface area (Å²) in [4.78, 5) is 20.4. The summed E-state index contributed by atoms with van der Waals surface area (Å²) in [5, 5.41) is 53.3. The van der Waals surface area contributed by atoms with Crippen molar-refractivity contribution in [2.45, 2.75) is 104 Å². The van der Waals surface area contributed by atoms with Crippen molar-refractivity contribution in [1.82, 2.24) is 0 Å². The van der Waals surface area contributed by atoms with Crippen LogP contribution in [0.2, 0.25) is 0 Å². The van der Waals surface area contributed by atoms with Crippen molar-refractivity contribution in [3.63, 3.8) is 0 Å². The molecule has 4 saturated carbocycles. The Morgan fingerprint density at radius 1 is 1.03 bits per heavy atom. The third-order valence-electron chi connectivity index (χ3n) is 10.7. The predicted octanol–water partition coefficient (Wildman–Crippen LogP) is 1.42. The fraction of sp³-hybridized carbons (Fsp3) is 0.857. The first-order chi connectivity index (χ1) is 16.2. The topological polar surface area (TPSA) is 141 Å². The molecule has 4 aliphatic rings. The molecule has 0 aromatic rings. The molecule has 200 valence electrons. The van der Waals surface area contributed by atoms with E-state index in [0.717, 1.165) is 44.9 Å². The molecule has 0 bridgehead atoms. The molecule has 4 aliphatic carbocycles. The van der Waals surface area contributed by atoms with Gasteiger partial charge in [0, 0.05) is 5.97 Å². The number of aliphatic carboxylic acids is 2. The van der Waals surface area contributed by atoms with Crippen molar-refractivity contribution in [3.8, 4) is 0 Å². The molecule has 4 rings (SSSR count). The normalized spacial score (nSPS) is 43.9. The molecule has 36 heavy (non-hydrogen) atoms. The maximum absolute atomic E-state index is 11.5. The molecule has 0 aromatic carbocycles. The SMILES string of the molecule is C=C(C)C(=O)[O-].C[C@H](CCC(=O)[O-])[C@H]1CC[C@H]2[C@@H]3[C@H](O)C[C@@H]4C[C@H](O)CC[C@]4(C)[C@H]3C[C@H](O)[C@]12C.[Zn+2]. The van der Waals surface area contributed by atoms with E-state index in [9.17, 15) is 35.1 Å². The van der Waals surface area contributed by atoms with E-state index in [0.29, 0.717) is 18.3 Å². The van der Waals surface area contributed by atoms with Crippen molar-refractivity contribution in [2.75, 3.05) is 0 Å². The largest absolute Gasteiger partial charge is 2.00 e. The Morgan fingerprint density at radius 3 is 2.19 bits per heavy atom. The molecule has 3 N–H and O–H groups in total. The summed E-state index contributed by atoms with van der Waals surface area (Å²) in [6, 6.07) is 0. The van der Waals surface area contributed by atoms with E-state index in [1.807, 2.05) is 0 Å². The van der Waals surface area contributed by atoms with Crippen molar-refractivity contribution in [1.29, 1.82) is 0 Å². The van der Waals surface area contributed by atoms with Gasteiger partial charge in [-0.3, -0.25) is 0 Å². The molecule has 0 aromatic heterocycles. The third kappa shape index (κ3) is 5.77. The van der Waals surface area contributed by atoms with E-state index >= 15 is 0 Å². The zero-order valence-corrected chi connectivity index (χ0v) is 25.4. The number of carbonyl (C=O) groups excluding carboxylic acids is 2. The van der Waals surface area contributed by atoms with Gasteiger partial charge in [-0.2, -0.15) is 0 Å². The van der Waals surface area contributed by atoms with Gasteiger partial charge in [0.25, 0.3) is 0 Å². The monoisotopic (exact) mass is 556 g/mol. The second kappa shape index (κ2) is 11.9. The zero-order valence-electron chi connectivity index (χ0n) is 22.4. The Kier molecular flexibility index (Phi) is 10.4. The summed E-state index contributed by atoms with van der Waals surface area (Å²) in [6.45, 7) is 11.1. The van der Waals surface area contributed by atoms with Crippen LogP contribution in [0.15, 0.2) is 12.2 Å². The van der Waals surface area contributed by atoms with Gasteiger partial charge in [0.05, 0.1) is 24.3 Å². The molecule has 7 nitrogen and oxygen atoms in total. The number of hydrogen-bond donors (Lipinski definition) is 3. The number of carbonyl (C=O) groups is 2. The molecule has 8 heteroatoms. The van der Waals surface area contributed by atoms with Gasteiger partial charge < -0.3 is 35.1 Å². The van der Waals surface area contributed by atoms with Crippen LogP contribution in [0.25, 0.3) is 0 Å². The van der Waals surface area contributed by atoms with Crippen molar-refractivity contribution >= 4 is 11.9 Å². The minimum absolute atomic E-state index is 0. The Hall–Kier alpha value is -0.817. The van der Waals surface area contributed by atoms with Gasteiger partial charge in [0.2, 0.25) is 0 Å².